The predicted molar refractivity (Wildman–Crippen MR) is 130 cm³/mol. The van der Waals surface area contributed by atoms with Gasteiger partial charge in [0.2, 0.25) is 0 Å². The second kappa shape index (κ2) is 10.3. The van der Waals surface area contributed by atoms with Crippen molar-refractivity contribution in [2.24, 2.45) is 0 Å². The van der Waals surface area contributed by atoms with Crippen LogP contribution in [0.1, 0.15) is 6.42 Å². The number of nitrogens with zero attached hydrogens (tertiary/aromatic N) is 2. The molecule has 2 amide bonds. The van der Waals surface area contributed by atoms with Gasteiger partial charge in [-0.1, -0.05) is 42.5 Å². The highest BCUT2D eigenvalue weighted by Gasteiger charge is 2.30. The third-order valence-electron chi connectivity index (χ3n) is 5.67. The van der Waals surface area contributed by atoms with Gasteiger partial charge in [-0.3, -0.25) is 14.5 Å². The third kappa shape index (κ3) is 5.26. The number of carbonyl (C=O) groups is 2. The lowest BCUT2D eigenvalue weighted by Gasteiger charge is -2.24. The molecule has 3 rings (SSSR count). The predicted octanol–water partition coefficient (Wildman–Crippen LogP) is 2.40. The summed E-state index contributed by atoms with van der Waals surface area (Å²) in [6.45, 7) is 0.321. The highest BCUT2D eigenvalue weighted by Crippen LogP contribution is 2.30. The van der Waals surface area contributed by atoms with Crippen LogP contribution >= 0.6 is 0 Å². The van der Waals surface area contributed by atoms with Crippen LogP contribution in [0, 0.1) is 0 Å². The van der Waals surface area contributed by atoms with E-state index in [1.807, 2.05) is 63.5 Å². The molecule has 1 unspecified atom stereocenters. The molecular weight excluding hydrogens is 400 g/mol. The largest absolute Gasteiger partial charge is 0.378 e. The molecule has 0 radical (unpaired) electrons. The van der Waals surface area contributed by atoms with Crippen molar-refractivity contribution >= 4 is 11.8 Å². The van der Waals surface area contributed by atoms with Gasteiger partial charge in [0.05, 0.1) is 11.1 Å². The first-order valence-electron chi connectivity index (χ1n) is 10.8. The van der Waals surface area contributed by atoms with Crippen LogP contribution in [0.4, 0.5) is 0 Å². The van der Waals surface area contributed by atoms with Crippen LogP contribution in [0.15, 0.2) is 94.3 Å². The van der Waals surface area contributed by atoms with Crippen molar-refractivity contribution < 1.29 is 9.59 Å². The van der Waals surface area contributed by atoms with E-state index < -0.39 is 0 Å². The monoisotopic (exact) mass is 432 g/mol. The molecule has 0 aromatic rings. The van der Waals surface area contributed by atoms with E-state index in [2.05, 4.69) is 39.8 Å². The Morgan fingerprint density at radius 3 is 2.59 bits per heavy atom. The van der Waals surface area contributed by atoms with Crippen molar-refractivity contribution in [1.82, 2.24) is 20.4 Å². The number of rotatable bonds is 5. The first kappa shape index (κ1) is 23.3. The molecule has 3 aliphatic rings. The molecule has 0 aromatic carbocycles. The molecule has 1 heterocycles. The number of likely N-dealkylation sites (N-methyl/N-ethyl adjacent to an activating group) is 3. The molecule has 0 saturated carbocycles. The van der Waals surface area contributed by atoms with Gasteiger partial charge in [0.15, 0.2) is 0 Å². The van der Waals surface area contributed by atoms with Gasteiger partial charge in [0, 0.05) is 39.4 Å². The van der Waals surface area contributed by atoms with Crippen molar-refractivity contribution in [2.45, 2.75) is 12.5 Å². The number of allylic oxidation sites excluding steroid dienone is 9. The van der Waals surface area contributed by atoms with Gasteiger partial charge in [0.25, 0.3) is 11.8 Å². The summed E-state index contributed by atoms with van der Waals surface area (Å²) in [5, 5.41) is 5.68. The molecule has 0 spiro atoms. The van der Waals surface area contributed by atoms with E-state index in [0.717, 1.165) is 22.4 Å². The van der Waals surface area contributed by atoms with E-state index in [1.54, 1.807) is 13.1 Å². The molecule has 6 nitrogen and oxygen atoms in total. The summed E-state index contributed by atoms with van der Waals surface area (Å²) in [7, 11) is 9.62. The molecule has 1 aliphatic heterocycles. The molecule has 1 atom stereocenters. The summed E-state index contributed by atoms with van der Waals surface area (Å²) in [6.07, 6.45) is 20.8. The Morgan fingerprint density at radius 1 is 1.12 bits per heavy atom. The highest BCUT2D eigenvalue weighted by atomic mass is 16.2. The van der Waals surface area contributed by atoms with Crippen LogP contribution < -0.4 is 10.6 Å². The summed E-state index contributed by atoms with van der Waals surface area (Å²) in [4.78, 5) is 30.0. The number of amides is 2. The Bertz CT molecular complexity index is 1030. The average molecular weight is 433 g/mol. The zero-order chi connectivity index (χ0) is 23.3. The zero-order valence-corrected chi connectivity index (χ0v) is 19.5. The van der Waals surface area contributed by atoms with Gasteiger partial charge >= 0.3 is 0 Å². The van der Waals surface area contributed by atoms with Crippen LogP contribution in [-0.4, -0.2) is 69.4 Å². The van der Waals surface area contributed by atoms with Gasteiger partial charge in [0.1, 0.15) is 0 Å². The van der Waals surface area contributed by atoms with Crippen LogP contribution in [0.3, 0.4) is 0 Å². The summed E-state index contributed by atoms with van der Waals surface area (Å²) < 4.78 is 0. The molecule has 6 heteroatoms. The first-order valence-corrected chi connectivity index (χ1v) is 10.8. The lowest BCUT2D eigenvalue weighted by molar-refractivity contribution is -0.120. The van der Waals surface area contributed by atoms with Gasteiger partial charge in [-0.05, 0) is 55.5 Å². The fourth-order valence-electron chi connectivity index (χ4n) is 3.78. The molecule has 32 heavy (non-hydrogen) atoms. The number of carbonyl (C=O) groups excluding carboxylic acids is 2. The first-order chi connectivity index (χ1) is 15.3. The molecular formula is C26H32N4O2. The second-order valence-corrected chi connectivity index (χ2v) is 8.32. The summed E-state index contributed by atoms with van der Waals surface area (Å²) in [6, 6.07) is 0.174. The maximum Gasteiger partial charge on any atom is 0.252 e. The molecule has 2 N–H and O–H groups in total. The van der Waals surface area contributed by atoms with Crippen molar-refractivity contribution in [2.75, 3.05) is 41.8 Å². The maximum atomic E-state index is 13.0. The van der Waals surface area contributed by atoms with E-state index in [9.17, 15) is 9.59 Å². The van der Waals surface area contributed by atoms with Crippen molar-refractivity contribution in [1.29, 1.82) is 0 Å². The van der Waals surface area contributed by atoms with Crippen LogP contribution in [0.5, 0.6) is 0 Å². The Kier molecular flexibility index (Phi) is 7.49. The Hall–Kier alpha value is -3.38. The Morgan fingerprint density at radius 2 is 1.91 bits per heavy atom. The van der Waals surface area contributed by atoms with Gasteiger partial charge < -0.3 is 15.5 Å². The van der Waals surface area contributed by atoms with Crippen LogP contribution in [-0.2, 0) is 9.59 Å². The van der Waals surface area contributed by atoms with Crippen LogP contribution in [0.2, 0.25) is 0 Å². The minimum atomic E-state index is -0.257. The number of hydrogen-bond acceptors (Lipinski definition) is 4. The minimum absolute atomic E-state index is 0.174. The van der Waals surface area contributed by atoms with E-state index >= 15 is 0 Å². The second-order valence-electron chi connectivity index (χ2n) is 8.32. The minimum Gasteiger partial charge on any atom is -0.378 e. The van der Waals surface area contributed by atoms with Crippen LogP contribution in [0.25, 0.3) is 0 Å². The molecule has 2 aliphatic carbocycles. The average Bonchev–Trinajstić information content (AvgIpc) is 3.15. The molecule has 168 valence electrons. The molecule has 0 saturated heterocycles. The van der Waals surface area contributed by atoms with E-state index in [1.165, 1.54) is 0 Å². The van der Waals surface area contributed by atoms with E-state index in [0.29, 0.717) is 24.1 Å². The fourth-order valence-corrected chi connectivity index (χ4v) is 3.78. The van der Waals surface area contributed by atoms with Gasteiger partial charge in [-0.2, -0.15) is 0 Å². The quantitative estimate of drug-likeness (QED) is 0.655. The summed E-state index contributed by atoms with van der Waals surface area (Å²) >= 11 is 0. The van der Waals surface area contributed by atoms with E-state index in [-0.39, 0.29) is 17.9 Å². The lowest BCUT2D eigenvalue weighted by atomic mass is 9.87. The maximum absolute atomic E-state index is 13.0. The van der Waals surface area contributed by atoms with Crippen molar-refractivity contribution in [3.8, 4) is 0 Å². The number of hydrogen-bond donors (Lipinski definition) is 2. The standard InChI is InChI=1S/C26H32N4O2/c1-27-26(32)24-22(16-18-8-6-10-20(14-12-18)29(2)3)25(31)28-17-23(24)19-9-7-11-21(15-13-19)30(4)5/h6-8,10-16,20H,9,17H2,1-5H3,(H,27,32)(H,28,31)/b22-16-. The molecule has 0 fully saturated rings. The molecule has 0 aromatic heterocycles. The van der Waals surface area contributed by atoms with Crippen molar-refractivity contribution in [3.05, 3.63) is 94.3 Å². The topological polar surface area (TPSA) is 64.7 Å². The summed E-state index contributed by atoms with van der Waals surface area (Å²) in [5.74, 6) is -0.500. The Labute approximate surface area is 190 Å². The third-order valence-corrected chi connectivity index (χ3v) is 5.67. The van der Waals surface area contributed by atoms with Gasteiger partial charge in [-0.15, -0.1) is 0 Å². The Balaban J connectivity index is 2.09. The fraction of sp³-hybridized carbons (Fsp3) is 0.308. The van der Waals surface area contributed by atoms with E-state index in [4.69, 9.17) is 0 Å². The smallest absolute Gasteiger partial charge is 0.252 e. The number of nitrogens with one attached hydrogen (secondary N) is 2. The SMILES string of the molecule is CNC(=O)C1=C(C2=CC=C(N(C)C)C=CC2)CNC(=O)/C1=C\C1=CC=CC(N(C)C)C=C1. The lowest BCUT2D eigenvalue weighted by Crippen LogP contribution is -2.38. The highest BCUT2D eigenvalue weighted by molar-refractivity contribution is 6.13. The normalized spacial score (nSPS) is 22.2. The zero-order valence-electron chi connectivity index (χ0n) is 19.5. The van der Waals surface area contributed by atoms with Gasteiger partial charge in [-0.25, -0.2) is 0 Å². The van der Waals surface area contributed by atoms with Crippen molar-refractivity contribution in [3.63, 3.8) is 0 Å². The molecule has 0 bridgehead atoms. The summed E-state index contributed by atoms with van der Waals surface area (Å²) in [5.41, 5.74) is 4.61.